The maximum atomic E-state index is 12.8. The summed E-state index contributed by atoms with van der Waals surface area (Å²) in [6, 6.07) is -0.778. The molecule has 1 aliphatic rings. The zero-order valence-corrected chi connectivity index (χ0v) is 17.2. The van der Waals surface area contributed by atoms with Gasteiger partial charge >= 0.3 is 5.97 Å². The molecule has 2 unspecified atom stereocenters. The number of carbonyl (C=O) groups excluding carboxylic acids is 3. The normalized spacial score (nSPS) is 17.7. The molecule has 1 rings (SSSR count). The van der Waals surface area contributed by atoms with E-state index in [0.717, 1.165) is 38.5 Å². The summed E-state index contributed by atoms with van der Waals surface area (Å²) in [6.45, 7) is 7.55. The third-order valence-electron chi connectivity index (χ3n) is 5.03. The molecule has 2 amide bonds. The molecule has 0 spiro atoms. The Morgan fingerprint density at radius 1 is 1.26 bits per heavy atom. The van der Waals surface area contributed by atoms with Crippen molar-refractivity contribution in [2.75, 3.05) is 6.54 Å². The third kappa shape index (κ3) is 8.28. The number of carbonyl (C=O) groups is 3. The van der Waals surface area contributed by atoms with Gasteiger partial charge in [-0.05, 0) is 37.5 Å². The standard InChI is InChI=1S/C20H36N2O5/c1-5-6-10-15(13-22(26)14-23)18(24)21-17(20(2,3)4)19(25)27-16-11-8-7-9-12-16/h14-17,26H,5-13H2,1-4H3,(H,21,24). The van der Waals surface area contributed by atoms with Crippen molar-refractivity contribution in [3.05, 3.63) is 0 Å². The van der Waals surface area contributed by atoms with Gasteiger partial charge in [0.1, 0.15) is 12.1 Å². The SMILES string of the molecule is CCCCC(CN(O)C=O)C(=O)NC(C(=O)OC1CCCCC1)C(C)(C)C. The number of amides is 2. The molecular formula is C20H36N2O5. The highest BCUT2D eigenvalue weighted by atomic mass is 16.5. The molecule has 7 heteroatoms. The van der Waals surface area contributed by atoms with Gasteiger partial charge in [0.2, 0.25) is 12.3 Å². The summed E-state index contributed by atoms with van der Waals surface area (Å²) in [5.41, 5.74) is -0.514. The van der Waals surface area contributed by atoms with Crippen molar-refractivity contribution in [2.45, 2.75) is 91.2 Å². The number of hydroxylamine groups is 2. The molecular weight excluding hydrogens is 348 g/mol. The first-order valence-corrected chi connectivity index (χ1v) is 10.1. The van der Waals surface area contributed by atoms with E-state index < -0.39 is 23.3 Å². The van der Waals surface area contributed by atoms with Crippen LogP contribution in [-0.2, 0) is 19.1 Å². The van der Waals surface area contributed by atoms with Gasteiger partial charge in [-0.15, -0.1) is 0 Å². The Morgan fingerprint density at radius 3 is 2.41 bits per heavy atom. The molecule has 0 aromatic heterocycles. The Morgan fingerprint density at radius 2 is 1.89 bits per heavy atom. The molecule has 2 N–H and O–H groups in total. The first kappa shape index (κ1) is 23.4. The second-order valence-corrected chi connectivity index (χ2v) is 8.57. The minimum absolute atomic E-state index is 0.0770. The van der Waals surface area contributed by atoms with Crippen LogP contribution < -0.4 is 5.32 Å². The molecule has 0 radical (unpaired) electrons. The summed E-state index contributed by atoms with van der Waals surface area (Å²) < 4.78 is 5.67. The predicted molar refractivity (Wildman–Crippen MR) is 102 cm³/mol. The molecule has 0 bridgehead atoms. The van der Waals surface area contributed by atoms with Crippen molar-refractivity contribution >= 4 is 18.3 Å². The van der Waals surface area contributed by atoms with E-state index in [0.29, 0.717) is 11.5 Å². The van der Waals surface area contributed by atoms with Gasteiger partial charge in [-0.25, -0.2) is 9.86 Å². The molecule has 0 saturated heterocycles. The topological polar surface area (TPSA) is 95.9 Å². The maximum absolute atomic E-state index is 12.8. The molecule has 0 aromatic rings. The molecule has 0 heterocycles. The van der Waals surface area contributed by atoms with Gasteiger partial charge in [0.05, 0.1) is 12.5 Å². The van der Waals surface area contributed by atoms with Gasteiger partial charge < -0.3 is 10.1 Å². The summed E-state index contributed by atoms with van der Waals surface area (Å²) in [7, 11) is 0. The summed E-state index contributed by atoms with van der Waals surface area (Å²) in [5, 5.41) is 12.8. The number of esters is 1. The number of nitrogens with zero attached hydrogens (tertiary/aromatic N) is 1. The summed E-state index contributed by atoms with van der Waals surface area (Å²) >= 11 is 0. The van der Waals surface area contributed by atoms with E-state index in [1.807, 2.05) is 27.7 Å². The zero-order valence-electron chi connectivity index (χ0n) is 17.2. The molecule has 156 valence electrons. The van der Waals surface area contributed by atoms with E-state index in [1.54, 1.807) is 0 Å². The van der Waals surface area contributed by atoms with Crippen LogP contribution in [0.1, 0.15) is 79.1 Å². The number of unbranched alkanes of at least 4 members (excludes halogenated alkanes) is 1. The van der Waals surface area contributed by atoms with Gasteiger partial charge in [0.25, 0.3) is 0 Å². The van der Waals surface area contributed by atoms with Crippen LogP contribution in [0.5, 0.6) is 0 Å². The average molecular weight is 385 g/mol. The van der Waals surface area contributed by atoms with Gasteiger partial charge in [-0.3, -0.25) is 14.8 Å². The van der Waals surface area contributed by atoms with Crippen LogP contribution in [0.2, 0.25) is 0 Å². The van der Waals surface area contributed by atoms with Crippen LogP contribution >= 0.6 is 0 Å². The molecule has 27 heavy (non-hydrogen) atoms. The monoisotopic (exact) mass is 384 g/mol. The smallest absolute Gasteiger partial charge is 0.329 e. The van der Waals surface area contributed by atoms with Gasteiger partial charge in [-0.1, -0.05) is 47.0 Å². The van der Waals surface area contributed by atoms with E-state index in [2.05, 4.69) is 5.32 Å². The van der Waals surface area contributed by atoms with Crippen LogP contribution in [0.15, 0.2) is 0 Å². The number of nitrogens with one attached hydrogen (secondary N) is 1. The van der Waals surface area contributed by atoms with E-state index in [-0.39, 0.29) is 25.0 Å². The van der Waals surface area contributed by atoms with Crippen molar-refractivity contribution in [3.63, 3.8) is 0 Å². The summed E-state index contributed by atoms with van der Waals surface area (Å²) in [5.74, 6) is -1.33. The third-order valence-corrected chi connectivity index (χ3v) is 5.03. The maximum Gasteiger partial charge on any atom is 0.329 e. The van der Waals surface area contributed by atoms with E-state index in [4.69, 9.17) is 4.74 Å². The van der Waals surface area contributed by atoms with Crippen molar-refractivity contribution in [3.8, 4) is 0 Å². The first-order chi connectivity index (χ1) is 12.7. The van der Waals surface area contributed by atoms with Crippen molar-refractivity contribution in [1.82, 2.24) is 10.4 Å². The molecule has 2 atom stereocenters. The van der Waals surface area contributed by atoms with Crippen molar-refractivity contribution in [2.24, 2.45) is 11.3 Å². The van der Waals surface area contributed by atoms with Crippen LogP contribution in [0.4, 0.5) is 0 Å². The fourth-order valence-corrected chi connectivity index (χ4v) is 3.33. The lowest BCUT2D eigenvalue weighted by Gasteiger charge is -2.33. The number of rotatable bonds is 10. The first-order valence-electron chi connectivity index (χ1n) is 10.1. The van der Waals surface area contributed by atoms with E-state index >= 15 is 0 Å². The summed E-state index contributed by atoms with van der Waals surface area (Å²) in [4.78, 5) is 36.3. The highest BCUT2D eigenvalue weighted by Gasteiger charge is 2.37. The fraction of sp³-hybridized carbons (Fsp3) is 0.850. The molecule has 1 saturated carbocycles. The van der Waals surface area contributed by atoms with Gasteiger partial charge in [0, 0.05) is 0 Å². The predicted octanol–water partition coefficient (Wildman–Crippen LogP) is 3.05. The minimum Gasteiger partial charge on any atom is -0.461 e. The minimum atomic E-state index is -0.778. The Kier molecular flexibility index (Phi) is 9.77. The van der Waals surface area contributed by atoms with Gasteiger partial charge in [-0.2, -0.15) is 0 Å². The Labute approximate surface area is 162 Å². The molecule has 1 aliphatic carbocycles. The number of hydrogen-bond acceptors (Lipinski definition) is 5. The number of ether oxygens (including phenoxy) is 1. The Hall–Kier alpha value is -1.63. The van der Waals surface area contributed by atoms with Crippen molar-refractivity contribution in [1.29, 1.82) is 0 Å². The molecule has 0 aliphatic heterocycles. The second-order valence-electron chi connectivity index (χ2n) is 8.57. The molecule has 0 aromatic carbocycles. The lowest BCUT2D eigenvalue weighted by atomic mass is 9.86. The van der Waals surface area contributed by atoms with Crippen molar-refractivity contribution < 1.29 is 24.3 Å². The number of hydrogen-bond donors (Lipinski definition) is 2. The highest BCUT2D eigenvalue weighted by Crippen LogP contribution is 2.25. The zero-order chi connectivity index (χ0) is 20.4. The van der Waals surface area contributed by atoms with Crippen LogP contribution in [0, 0.1) is 11.3 Å². The lowest BCUT2D eigenvalue weighted by molar-refractivity contribution is -0.160. The van der Waals surface area contributed by atoms with Crippen LogP contribution in [0.3, 0.4) is 0 Å². The van der Waals surface area contributed by atoms with Crippen LogP contribution in [0.25, 0.3) is 0 Å². The molecule has 1 fully saturated rings. The quantitative estimate of drug-likeness (QED) is 0.261. The largest absolute Gasteiger partial charge is 0.461 e. The average Bonchev–Trinajstić information content (AvgIpc) is 2.62. The highest BCUT2D eigenvalue weighted by molar-refractivity contribution is 5.86. The van der Waals surface area contributed by atoms with E-state index in [1.165, 1.54) is 6.42 Å². The summed E-state index contributed by atoms with van der Waals surface area (Å²) in [6.07, 6.45) is 7.44. The molecule has 7 nitrogen and oxygen atoms in total. The Bertz CT molecular complexity index is 483. The fourth-order valence-electron chi connectivity index (χ4n) is 3.33. The lowest BCUT2D eigenvalue weighted by Crippen LogP contribution is -2.53. The van der Waals surface area contributed by atoms with E-state index in [9.17, 15) is 19.6 Å². The van der Waals surface area contributed by atoms with Gasteiger partial charge in [0.15, 0.2) is 0 Å². The second kappa shape index (κ2) is 11.3. The van der Waals surface area contributed by atoms with Crippen LogP contribution in [-0.4, -0.2) is 47.2 Å². The Balaban J connectivity index is 2.80.